The van der Waals surface area contributed by atoms with Gasteiger partial charge in [-0.25, -0.2) is 0 Å². The Hall–Kier alpha value is 1.26. The molecule has 0 aromatic rings. The molecule has 1 nitrogen and oxygen atoms in total. The van der Waals surface area contributed by atoms with Crippen LogP contribution in [0, 0.1) is 0 Å². The maximum atomic E-state index is 2.39. The third kappa shape index (κ3) is 3.81. The van der Waals surface area contributed by atoms with Crippen LogP contribution in [-0.4, -0.2) is 20.4 Å². The summed E-state index contributed by atoms with van der Waals surface area (Å²) in [5, 5.41) is 0. The first-order valence-electron chi connectivity index (χ1n) is 2.23. The van der Waals surface area contributed by atoms with Crippen LogP contribution >= 0.6 is 21.2 Å². The maximum Gasteiger partial charge on any atom is 0.272 e. The predicted octanol–water partition coefficient (Wildman–Crippen LogP) is 0.0571. The van der Waals surface area contributed by atoms with Crippen LogP contribution in [0.1, 0.15) is 13.8 Å². The molecule has 0 heterocycles. The Kier molecular flexibility index (Phi) is 4.92. The molecule has 4 heteroatoms. The molecule has 0 aliphatic heterocycles. The van der Waals surface area contributed by atoms with E-state index in [-0.39, 0.29) is 0 Å². The van der Waals surface area contributed by atoms with Crippen molar-refractivity contribution in [3.63, 3.8) is 0 Å². The Labute approximate surface area is 64.4 Å². The normalized spacial score (nSPS) is 11.6. The second-order valence-corrected chi connectivity index (χ2v) is 5.54. The van der Waals surface area contributed by atoms with Crippen LogP contribution in [0.3, 0.4) is 0 Å². The Balaban J connectivity index is 3.14. The quantitative estimate of drug-likeness (QED) is 0.289. The Morgan fingerprint density at radius 1 is 1.71 bits per heavy atom. The summed E-state index contributed by atoms with van der Waals surface area (Å²) in [7, 11) is 2.58. The molecule has 0 aliphatic carbocycles. The van der Waals surface area contributed by atoms with Crippen molar-refractivity contribution in [1.29, 1.82) is 0 Å². The molecule has 0 unspecified atom stereocenters. The van der Waals surface area contributed by atoms with Gasteiger partial charge in [-0.15, -0.1) is 0 Å². The minimum atomic E-state index is 0.741. The van der Waals surface area contributed by atoms with Crippen LogP contribution in [0.4, 0.5) is 0 Å². The highest BCUT2D eigenvalue weighted by Crippen LogP contribution is 1.98. The highest BCUT2D eigenvalue weighted by Gasteiger charge is 2.05. The van der Waals surface area contributed by atoms with Crippen molar-refractivity contribution in [2.75, 3.05) is 0 Å². The molecule has 0 bridgehead atoms. The molecule has 0 rings (SSSR count). The Bertz CT molecular complexity index is 52.2. The molecule has 0 spiro atoms. The summed E-state index contributed by atoms with van der Waals surface area (Å²) in [5.74, 6) is 0. The van der Waals surface area contributed by atoms with E-state index in [0.29, 0.717) is 0 Å². The average molecular weight is 248 g/mol. The van der Waals surface area contributed by atoms with Gasteiger partial charge in [-0.05, 0) is 13.8 Å². The number of hydrogen-bond donors (Lipinski definition) is 0. The lowest BCUT2D eigenvalue weighted by atomic mass is 10.4. The first-order valence-corrected chi connectivity index (χ1v) is 6.76. The monoisotopic (exact) mass is 248 g/mol. The third-order valence-electron chi connectivity index (χ3n) is 0.867. The number of thiol groups is 1. The first-order chi connectivity index (χ1) is 3.18. The number of halogens is 1. The zero-order valence-electron chi connectivity index (χ0n) is 4.85. The van der Waals surface area contributed by atoms with Gasteiger partial charge in [0.25, 0.3) is 21.2 Å². The third-order valence-corrected chi connectivity index (χ3v) is 7.68. The van der Waals surface area contributed by atoms with E-state index in [1.165, 1.54) is 19.5 Å². The van der Waals surface area contributed by atoms with Gasteiger partial charge in [0.15, 0.2) is 0 Å². The molecule has 7 heavy (non-hydrogen) atoms. The smallest absolute Gasteiger partial charge is 0.159 e. The van der Waals surface area contributed by atoms with E-state index in [1.807, 2.05) is 0 Å². The largest absolute Gasteiger partial charge is 0.272 e. The summed E-state index contributed by atoms with van der Waals surface area (Å²) in [5.41, 5.74) is 0. The maximum absolute atomic E-state index is 2.39. The van der Waals surface area contributed by atoms with Gasteiger partial charge in [0.2, 0.25) is 0 Å². The molecule has 0 N–H and O–H groups in total. The number of nitrogens with zero attached hydrogens (tertiary/aromatic N) is 1. The van der Waals surface area contributed by atoms with Crippen molar-refractivity contribution in [2.45, 2.75) is 19.9 Å². The summed E-state index contributed by atoms with van der Waals surface area (Å²) >= 11 is 2.36. The van der Waals surface area contributed by atoms with E-state index in [9.17, 15) is 0 Å². The molecule has 44 valence electrons. The van der Waals surface area contributed by atoms with Gasteiger partial charge in [-0.1, -0.05) is 0 Å². The lowest BCUT2D eigenvalue weighted by Gasteiger charge is -2.07. The fourth-order valence-electron chi connectivity index (χ4n) is 0.0873. The SMILES string of the molecule is CC(C)N([SiH3])[SH+]I. The molecular weight excluding hydrogens is 237 g/mol. The van der Waals surface area contributed by atoms with Gasteiger partial charge in [0.05, 0.1) is 0 Å². The molecule has 0 aliphatic rings. The molecule has 0 saturated heterocycles. The number of rotatable bonds is 2. The summed E-state index contributed by atoms with van der Waals surface area (Å²) in [4.78, 5) is 0. The van der Waals surface area contributed by atoms with E-state index in [1.54, 1.807) is 0 Å². The molecule has 0 aromatic heterocycles. The standard InChI is InChI=1S/C3H10INSSi/c1-3(2)5(7)6-4/h3H,1-2,7H3/p+1. The predicted molar refractivity (Wildman–Crippen MR) is 49.7 cm³/mol. The summed E-state index contributed by atoms with van der Waals surface area (Å²) in [6, 6.07) is 0.741. The van der Waals surface area contributed by atoms with Crippen LogP contribution in [0.25, 0.3) is 0 Å². The highest BCUT2D eigenvalue weighted by atomic mass is 127. The van der Waals surface area contributed by atoms with Crippen molar-refractivity contribution in [3.8, 4) is 0 Å². The van der Waals surface area contributed by atoms with Gasteiger partial charge in [-0.2, -0.15) is 3.97 Å². The van der Waals surface area contributed by atoms with E-state index < -0.39 is 0 Å². The molecule has 0 aromatic carbocycles. The minimum absolute atomic E-state index is 0.741. The molecule has 0 fully saturated rings. The van der Waals surface area contributed by atoms with E-state index in [2.05, 4.69) is 39.0 Å². The van der Waals surface area contributed by atoms with Crippen LogP contribution < -0.4 is 0 Å². The van der Waals surface area contributed by atoms with Crippen molar-refractivity contribution < 1.29 is 0 Å². The van der Waals surface area contributed by atoms with Crippen LogP contribution in [0.2, 0.25) is 0 Å². The highest BCUT2D eigenvalue weighted by molar-refractivity contribution is 14.2. The van der Waals surface area contributed by atoms with Crippen molar-refractivity contribution in [3.05, 3.63) is 0 Å². The van der Waals surface area contributed by atoms with Crippen molar-refractivity contribution in [2.24, 2.45) is 0 Å². The average Bonchev–Trinajstić information content (AvgIpc) is 1.65. The molecule has 0 saturated carbocycles. The zero-order chi connectivity index (χ0) is 5.86. The van der Waals surface area contributed by atoms with Gasteiger partial charge >= 0.3 is 0 Å². The zero-order valence-corrected chi connectivity index (χ0v) is 9.90. The lowest BCUT2D eigenvalue weighted by molar-refractivity contribution is 0.588. The summed E-state index contributed by atoms with van der Waals surface area (Å²) in [6.45, 7) is 4.44. The molecule has 0 atom stereocenters. The van der Waals surface area contributed by atoms with Gasteiger partial charge in [-0.3, -0.25) is 0 Å². The van der Waals surface area contributed by atoms with Crippen molar-refractivity contribution in [1.82, 2.24) is 3.97 Å². The number of hydrogen-bond acceptors (Lipinski definition) is 1. The Morgan fingerprint density at radius 2 is 2.14 bits per heavy atom. The van der Waals surface area contributed by atoms with E-state index >= 15 is 0 Å². The van der Waals surface area contributed by atoms with Crippen molar-refractivity contribution >= 4 is 40.7 Å². The fraction of sp³-hybridized carbons (Fsp3) is 1.00. The van der Waals surface area contributed by atoms with E-state index in [0.717, 1.165) is 6.04 Å². The van der Waals surface area contributed by atoms with Crippen LogP contribution in [-0.2, 0) is 9.12 Å². The van der Waals surface area contributed by atoms with Gasteiger partial charge < -0.3 is 0 Å². The first kappa shape index (κ1) is 8.26. The topological polar surface area (TPSA) is 3.24 Å². The minimum Gasteiger partial charge on any atom is -0.159 e. The van der Waals surface area contributed by atoms with E-state index in [4.69, 9.17) is 0 Å². The lowest BCUT2D eigenvalue weighted by Crippen LogP contribution is -2.23. The molecule has 0 radical (unpaired) electrons. The summed E-state index contributed by atoms with van der Waals surface area (Å²) < 4.78 is 2.39. The van der Waals surface area contributed by atoms with Crippen LogP contribution in [0.15, 0.2) is 0 Å². The van der Waals surface area contributed by atoms with Crippen LogP contribution in [0.5, 0.6) is 0 Å². The molecular formula is C3H11INSSi+. The summed E-state index contributed by atoms with van der Waals surface area (Å²) in [6.07, 6.45) is 0. The second kappa shape index (κ2) is 4.17. The second-order valence-electron chi connectivity index (χ2n) is 1.74. The Morgan fingerprint density at radius 3 is 2.14 bits per heavy atom. The fourth-order valence-corrected chi connectivity index (χ4v) is 1.76. The molecule has 0 amide bonds. The van der Waals surface area contributed by atoms with Gasteiger partial charge in [0.1, 0.15) is 19.5 Å². The van der Waals surface area contributed by atoms with Gasteiger partial charge in [0, 0.05) is 6.04 Å².